The van der Waals surface area contributed by atoms with E-state index in [1.807, 2.05) is 6.07 Å². The number of hydrogen-bond acceptors (Lipinski definition) is 1. The van der Waals surface area contributed by atoms with Crippen LogP contribution in [0, 0.1) is 11.6 Å². The quantitative estimate of drug-likeness (QED) is 0.862. The molecule has 2 aromatic rings. The van der Waals surface area contributed by atoms with E-state index in [1.54, 1.807) is 18.2 Å². The fourth-order valence-electron chi connectivity index (χ4n) is 3.15. The lowest BCUT2D eigenvalue weighted by atomic mass is 9.77. The van der Waals surface area contributed by atoms with Crippen molar-refractivity contribution >= 4 is 11.6 Å². The fourth-order valence-corrected chi connectivity index (χ4v) is 3.38. The maximum Gasteiger partial charge on any atom is 0.126 e. The van der Waals surface area contributed by atoms with Crippen molar-refractivity contribution in [2.24, 2.45) is 0 Å². The molecular formula is C17H16ClF2N. The van der Waals surface area contributed by atoms with Crippen molar-refractivity contribution in [2.75, 3.05) is 13.1 Å². The zero-order valence-electron chi connectivity index (χ0n) is 11.5. The molecule has 0 amide bonds. The first-order chi connectivity index (χ1) is 10.1. The van der Waals surface area contributed by atoms with Gasteiger partial charge in [-0.25, -0.2) is 8.78 Å². The summed E-state index contributed by atoms with van der Waals surface area (Å²) in [5.41, 5.74) is 1.52. The van der Waals surface area contributed by atoms with E-state index in [0.717, 1.165) is 18.5 Å². The van der Waals surface area contributed by atoms with Crippen LogP contribution in [0.2, 0.25) is 5.02 Å². The molecule has 0 aromatic heterocycles. The Morgan fingerprint density at radius 3 is 2.62 bits per heavy atom. The van der Waals surface area contributed by atoms with Gasteiger partial charge in [-0.2, -0.15) is 0 Å². The van der Waals surface area contributed by atoms with Gasteiger partial charge in [-0.3, -0.25) is 0 Å². The molecule has 110 valence electrons. The van der Waals surface area contributed by atoms with E-state index in [9.17, 15) is 8.78 Å². The second-order valence-corrected chi connectivity index (χ2v) is 5.87. The molecule has 1 aliphatic rings. The topological polar surface area (TPSA) is 12.0 Å². The molecule has 2 aromatic carbocycles. The molecule has 1 N–H and O–H groups in total. The van der Waals surface area contributed by atoms with Gasteiger partial charge in [-0.05, 0) is 54.3 Å². The minimum absolute atomic E-state index is 0.0159. The Kier molecular flexibility index (Phi) is 4.22. The highest BCUT2D eigenvalue weighted by Crippen LogP contribution is 2.39. The summed E-state index contributed by atoms with van der Waals surface area (Å²) in [6.45, 7) is 1.52. The summed E-state index contributed by atoms with van der Waals surface area (Å²) in [5, 5.41) is 3.68. The lowest BCUT2D eigenvalue weighted by Gasteiger charge is -2.33. The normalized spacial score (nSPS) is 22.2. The minimum Gasteiger partial charge on any atom is -0.316 e. The van der Waals surface area contributed by atoms with Crippen molar-refractivity contribution in [2.45, 2.75) is 18.3 Å². The molecule has 2 unspecified atom stereocenters. The second kappa shape index (κ2) is 6.12. The molecule has 3 rings (SSSR count). The van der Waals surface area contributed by atoms with Crippen molar-refractivity contribution in [1.82, 2.24) is 5.32 Å². The lowest BCUT2D eigenvalue weighted by molar-refractivity contribution is 0.392. The zero-order chi connectivity index (χ0) is 14.8. The standard InChI is InChI=1S/C17H16ClF2N/c18-12-7-11(8-13(19)9-12)14-5-6-21-10-16(14)15-3-1-2-4-17(15)20/h1-4,7-9,14,16,21H,5-6,10H2. The molecule has 1 fully saturated rings. The van der Waals surface area contributed by atoms with E-state index in [4.69, 9.17) is 11.6 Å². The number of hydrogen-bond donors (Lipinski definition) is 1. The molecule has 1 nitrogen and oxygen atoms in total. The Balaban J connectivity index is 2.00. The van der Waals surface area contributed by atoms with Crippen LogP contribution in [0.25, 0.3) is 0 Å². The summed E-state index contributed by atoms with van der Waals surface area (Å²) >= 11 is 5.96. The maximum absolute atomic E-state index is 14.1. The second-order valence-electron chi connectivity index (χ2n) is 5.43. The van der Waals surface area contributed by atoms with Crippen LogP contribution in [0.1, 0.15) is 29.4 Å². The van der Waals surface area contributed by atoms with Gasteiger partial charge in [-0.1, -0.05) is 29.8 Å². The lowest BCUT2D eigenvalue weighted by Crippen LogP contribution is -2.34. The van der Waals surface area contributed by atoms with Crippen LogP contribution in [0.3, 0.4) is 0 Å². The van der Waals surface area contributed by atoms with Crippen LogP contribution in [0.4, 0.5) is 8.78 Å². The van der Waals surface area contributed by atoms with E-state index in [-0.39, 0.29) is 23.5 Å². The van der Waals surface area contributed by atoms with E-state index < -0.39 is 0 Å². The molecule has 2 atom stereocenters. The molecule has 0 aliphatic carbocycles. The average molecular weight is 308 g/mol. The predicted octanol–water partition coefficient (Wildman–Crippen LogP) is 4.48. The van der Waals surface area contributed by atoms with Gasteiger partial charge >= 0.3 is 0 Å². The summed E-state index contributed by atoms with van der Waals surface area (Å²) < 4.78 is 27.7. The van der Waals surface area contributed by atoms with Gasteiger partial charge in [0.1, 0.15) is 11.6 Å². The van der Waals surface area contributed by atoms with Crippen LogP contribution in [-0.2, 0) is 0 Å². The summed E-state index contributed by atoms with van der Waals surface area (Å²) in [4.78, 5) is 0. The minimum atomic E-state index is -0.344. The van der Waals surface area contributed by atoms with E-state index in [1.165, 1.54) is 18.2 Å². The van der Waals surface area contributed by atoms with Crippen molar-refractivity contribution in [1.29, 1.82) is 0 Å². The fraction of sp³-hybridized carbons (Fsp3) is 0.294. The summed E-state index contributed by atoms with van der Waals surface area (Å²) in [6.07, 6.45) is 0.832. The van der Waals surface area contributed by atoms with Gasteiger partial charge in [0.25, 0.3) is 0 Å². The highest BCUT2D eigenvalue weighted by atomic mass is 35.5. The van der Waals surface area contributed by atoms with E-state index in [0.29, 0.717) is 17.1 Å². The molecule has 1 saturated heterocycles. The van der Waals surface area contributed by atoms with Crippen LogP contribution < -0.4 is 5.32 Å². The first-order valence-electron chi connectivity index (χ1n) is 7.06. The van der Waals surface area contributed by atoms with Crippen LogP contribution in [-0.4, -0.2) is 13.1 Å². The van der Waals surface area contributed by atoms with Crippen molar-refractivity contribution in [3.8, 4) is 0 Å². The van der Waals surface area contributed by atoms with Gasteiger partial charge in [-0.15, -0.1) is 0 Å². The summed E-state index contributed by atoms with van der Waals surface area (Å²) in [7, 11) is 0. The molecule has 4 heteroatoms. The van der Waals surface area contributed by atoms with Gasteiger partial charge in [0.2, 0.25) is 0 Å². The highest BCUT2D eigenvalue weighted by molar-refractivity contribution is 6.30. The van der Waals surface area contributed by atoms with Gasteiger partial charge < -0.3 is 5.32 Å². The Morgan fingerprint density at radius 1 is 1.05 bits per heavy atom. The van der Waals surface area contributed by atoms with E-state index >= 15 is 0 Å². The Bertz CT molecular complexity index is 624. The SMILES string of the molecule is Fc1cc(Cl)cc(C2CCNCC2c2ccccc2F)c1. The van der Waals surface area contributed by atoms with Gasteiger partial charge in [0, 0.05) is 17.5 Å². The molecule has 1 aliphatic heterocycles. The molecule has 0 saturated carbocycles. The predicted molar refractivity (Wildman–Crippen MR) is 80.8 cm³/mol. The zero-order valence-corrected chi connectivity index (χ0v) is 12.2. The smallest absolute Gasteiger partial charge is 0.126 e. The third-order valence-electron chi connectivity index (χ3n) is 4.10. The largest absolute Gasteiger partial charge is 0.316 e. The average Bonchev–Trinajstić information content (AvgIpc) is 2.47. The number of halogens is 3. The molecule has 0 spiro atoms. The van der Waals surface area contributed by atoms with Crippen LogP contribution in [0.5, 0.6) is 0 Å². The first-order valence-corrected chi connectivity index (χ1v) is 7.44. The van der Waals surface area contributed by atoms with Crippen LogP contribution >= 0.6 is 11.6 Å². The Labute approximate surface area is 127 Å². The third-order valence-corrected chi connectivity index (χ3v) is 4.32. The monoisotopic (exact) mass is 307 g/mol. The Hall–Kier alpha value is -1.45. The van der Waals surface area contributed by atoms with Crippen molar-refractivity contribution in [3.05, 3.63) is 70.2 Å². The molecule has 21 heavy (non-hydrogen) atoms. The Morgan fingerprint density at radius 2 is 1.86 bits per heavy atom. The molecule has 1 heterocycles. The molecule has 0 radical (unpaired) electrons. The number of rotatable bonds is 2. The van der Waals surface area contributed by atoms with Crippen molar-refractivity contribution < 1.29 is 8.78 Å². The van der Waals surface area contributed by atoms with Crippen LogP contribution in [0.15, 0.2) is 42.5 Å². The number of nitrogens with one attached hydrogen (secondary N) is 1. The molecular weight excluding hydrogens is 292 g/mol. The number of benzene rings is 2. The van der Waals surface area contributed by atoms with Gasteiger partial charge in [0.15, 0.2) is 0 Å². The number of piperidine rings is 1. The molecule has 0 bridgehead atoms. The van der Waals surface area contributed by atoms with Crippen molar-refractivity contribution in [3.63, 3.8) is 0 Å². The first kappa shape index (κ1) is 14.5. The highest BCUT2D eigenvalue weighted by Gasteiger charge is 2.29. The third kappa shape index (κ3) is 3.09. The maximum atomic E-state index is 14.1. The summed E-state index contributed by atoms with van der Waals surface area (Å²) in [6, 6.07) is 11.4. The summed E-state index contributed by atoms with van der Waals surface area (Å²) in [5.74, 6) is -0.504. The van der Waals surface area contributed by atoms with E-state index in [2.05, 4.69) is 5.32 Å². The van der Waals surface area contributed by atoms with Gasteiger partial charge in [0.05, 0.1) is 0 Å².